The Bertz CT molecular complexity index is 118. The van der Waals surface area contributed by atoms with Gasteiger partial charge in [-0.15, -0.1) is 0 Å². The van der Waals surface area contributed by atoms with Crippen molar-refractivity contribution in [2.45, 2.75) is 0 Å². The van der Waals surface area contributed by atoms with Crippen molar-refractivity contribution in [2.24, 2.45) is 0 Å². The fraction of sp³-hybridized carbons (Fsp3) is 0. The Hall–Kier alpha value is 3.29. The molecule has 0 amide bonds. The minimum atomic E-state index is -3.65. The molecule has 0 heterocycles. The summed E-state index contributed by atoms with van der Waals surface area (Å²) in [4.78, 5) is 0. The molecule has 0 bridgehead atoms. The topological polar surface area (TPSA) is 190 Å². The van der Waals surface area contributed by atoms with E-state index in [2.05, 4.69) is 0 Å². The molecule has 0 spiro atoms. The van der Waals surface area contributed by atoms with Crippen LogP contribution < -0.4 is 25.1 Å². The second-order valence-corrected chi connectivity index (χ2v) is 2.34. The molecule has 0 saturated carbocycles. The molecule has 82 valence electrons. The van der Waals surface area contributed by atoms with E-state index in [1.807, 2.05) is 0 Å². The van der Waals surface area contributed by atoms with Gasteiger partial charge >= 0.3 is 157 Å². The van der Waals surface area contributed by atoms with E-state index < -0.39 is 43.5 Å². The molecule has 0 aliphatic carbocycles. The summed E-state index contributed by atoms with van der Waals surface area (Å²) in [6.45, 7) is 0. The second kappa shape index (κ2) is 25.2. The van der Waals surface area contributed by atoms with Gasteiger partial charge in [-0.2, -0.15) is 0 Å². The molecule has 0 aliphatic heterocycles. The average molecular weight is 588 g/mol. The summed E-state index contributed by atoms with van der Waals surface area (Å²) < 4.78 is 76.7. The Labute approximate surface area is 154 Å². The third-order valence-electron chi connectivity index (χ3n) is 0. The standard InChI is InChI=1S/Ce.La.3Mn.9O/q2*+3;;;;;;;6*-1. The Morgan fingerprint density at radius 3 is 0.571 bits per heavy atom. The van der Waals surface area contributed by atoms with Crippen molar-refractivity contribution < 1.29 is 157 Å². The van der Waals surface area contributed by atoms with Crippen molar-refractivity contribution in [3.63, 3.8) is 0 Å². The molecule has 14 heteroatoms. The van der Waals surface area contributed by atoms with Crippen molar-refractivity contribution in [3.05, 3.63) is 0 Å². The van der Waals surface area contributed by atoms with Gasteiger partial charge in [-0.05, 0) is 0 Å². The Balaban J connectivity index is -0.0000000270. The predicted molar refractivity (Wildman–Crippen MR) is 2.06 cm³/mol. The van der Waals surface area contributed by atoms with E-state index in [4.69, 9.17) is 36.6 Å². The van der Waals surface area contributed by atoms with Gasteiger partial charge in [-0.25, -0.2) is 0 Å². The average Bonchev–Trinajstić information content (AvgIpc) is 1.54. The van der Waals surface area contributed by atoms with Crippen molar-refractivity contribution >= 4 is 0 Å². The number of rotatable bonds is 0. The van der Waals surface area contributed by atoms with E-state index in [1.54, 1.807) is 0 Å². The van der Waals surface area contributed by atoms with Crippen LogP contribution in [0, 0.1) is 77.3 Å². The van der Waals surface area contributed by atoms with Gasteiger partial charge in [0, 0.05) is 0 Å². The molecular formula is CeLaMn3O9. The van der Waals surface area contributed by atoms with Crippen molar-refractivity contribution in [1.82, 2.24) is 0 Å². The molecule has 0 atom stereocenters. The zero-order chi connectivity index (χ0) is 10.7. The molecule has 14 heavy (non-hydrogen) atoms. The van der Waals surface area contributed by atoms with E-state index >= 15 is 0 Å². The molecule has 1 radical (unpaired) electrons. The molecule has 0 N–H and O–H groups in total. The molecule has 9 nitrogen and oxygen atoms in total. The second-order valence-electron chi connectivity index (χ2n) is 0.567. The first-order valence-corrected chi connectivity index (χ1v) is 5.73. The van der Waals surface area contributed by atoms with E-state index in [1.165, 1.54) is 0 Å². The van der Waals surface area contributed by atoms with Crippen LogP contribution >= 0.6 is 0 Å². The van der Waals surface area contributed by atoms with Gasteiger partial charge in [0.05, 0.1) is 0 Å². The SMILES string of the molecule is [Ce+3].[La+3].[O]=[Mn]([O-])[O-].[O]=[Mn]([O-])[O-].[O]=[Mn]([O-])[O-]. The number of hydrogen-bond donors (Lipinski definition) is 0. The van der Waals surface area contributed by atoms with Gasteiger partial charge in [0.2, 0.25) is 0 Å². The molecule has 0 aliphatic rings. The quantitative estimate of drug-likeness (QED) is 0.248. The predicted octanol–water partition coefficient (Wildman–Crippen LogP) is -7.50. The first-order chi connectivity index (χ1) is 5.20. The summed E-state index contributed by atoms with van der Waals surface area (Å²) in [5.41, 5.74) is 0. The van der Waals surface area contributed by atoms with Crippen LogP contribution in [-0.2, 0) is 55.0 Å². The van der Waals surface area contributed by atoms with E-state index in [9.17, 15) is 0 Å². The van der Waals surface area contributed by atoms with Gasteiger partial charge in [0.1, 0.15) is 0 Å². The summed E-state index contributed by atoms with van der Waals surface area (Å²) in [6.07, 6.45) is 0. The van der Waals surface area contributed by atoms with Crippen molar-refractivity contribution in [2.75, 3.05) is 0 Å². The Morgan fingerprint density at radius 1 is 0.571 bits per heavy atom. The van der Waals surface area contributed by atoms with Crippen LogP contribution in [0.25, 0.3) is 0 Å². The molecule has 0 aromatic rings. The van der Waals surface area contributed by atoms with Crippen LogP contribution in [0.2, 0.25) is 0 Å². The minimum absolute atomic E-state index is 0. The Kier molecular flexibility index (Phi) is 54.7. The molecule has 0 aromatic carbocycles. The molecule has 0 saturated heterocycles. The maximum absolute atomic E-state index is 8.52. The van der Waals surface area contributed by atoms with Crippen molar-refractivity contribution in [3.8, 4) is 0 Å². The van der Waals surface area contributed by atoms with Crippen LogP contribution in [-0.4, -0.2) is 0 Å². The van der Waals surface area contributed by atoms with E-state index in [-0.39, 0.29) is 77.3 Å². The van der Waals surface area contributed by atoms with Crippen LogP contribution in [0.5, 0.6) is 0 Å². The van der Waals surface area contributed by atoms with Gasteiger partial charge in [-0.3, -0.25) is 0 Å². The first-order valence-electron chi connectivity index (χ1n) is 1.39. The monoisotopic (exact) mass is 588 g/mol. The molecule has 0 unspecified atom stereocenters. The summed E-state index contributed by atoms with van der Waals surface area (Å²) in [7, 11) is 0. The number of hydrogen-bond acceptors (Lipinski definition) is 9. The zero-order valence-electron chi connectivity index (χ0n) is 5.89. The Morgan fingerprint density at radius 2 is 0.571 bits per heavy atom. The summed E-state index contributed by atoms with van der Waals surface area (Å²) in [5, 5.41) is 0. The summed E-state index contributed by atoms with van der Waals surface area (Å²) in [5.74, 6) is 0. The van der Waals surface area contributed by atoms with Crippen LogP contribution in [0.15, 0.2) is 0 Å². The molecule has 0 fully saturated rings. The van der Waals surface area contributed by atoms with E-state index in [0.29, 0.717) is 0 Å². The fourth-order valence-electron chi connectivity index (χ4n) is 0. The zero-order valence-corrected chi connectivity index (χ0v) is 16.2. The van der Waals surface area contributed by atoms with Gasteiger partial charge in [0.15, 0.2) is 0 Å². The fourth-order valence-corrected chi connectivity index (χ4v) is 0. The van der Waals surface area contributed by atoms with Gasteiger partial charge in [-0.1, -0.05) is 0 Å². The van der Waals surface area contributed by atoms with Gasteiger partial charge < -0.3 is 0 Å². The molecule has 0 aromatic heterocycles. The first kappa shape index (κ1) is 30.4. The van der Waals surface area contributed by atoms with Crippen LogP contribution in [0.1, 0.15) is 0 Å². The van der Waals surface area contributed by atoms with Crippen molar-refractivity contribution in [1.29, 1.82) is 0 Å². The van der Waals surface area contributed by atoms with Crippen LogP contribution in [0.3, 0.4) is 0 Å². The van der Waals surface area contributed by atoms with Crippen LogP contribution in [0.4, 0.5) is 0 Å². The summed E-state index contributed by atoms with van der Waals surface area (Å²) in [6, 6.07) is 0. The normalized spacial score (nSPS) is 7.50. The molecule has 0 rings (SSSR count). The third-order valence-corrected chi connectivity index (χ3v) is 0. The third kappa shape index (κ3) is 288. The van der Waals surface area contributed by atoms with E-state index in [0.717, 1.165) is 0 Å². The summed E-state index contributed by atoms with van der Waals surface area (Å²) >= 11 is -10.9. The maximum atomic E-state index is 8.52. The van der Waals surface area contributed by atoms with Gasteiger partial charge in [0.25, 0.3) is 0 Å². The molecular weight excluding hydrogens is 588 g/mol.